The lowest BCUT2D eigenvalue weighted by Gasteiger charge is -2.31. The summed E-state index contributed by atoms with van der Waals surface area (Å²) in [5.74, 6) is 0. The summed E-state index contributed by atoms with van der Waals surface area (Å²) in [7, 11) is 0. The molecule has 3 heterocycles. The average Bonchev–Trinajstić information content (AvgIpc) is 2.77. The van der Waals surface area contributed by atoms with Gasteiger partial charge in [0.05, 0.1) is 25.1 Å². The number of hydrogen-bond donors (Lipinski definition) is 2. The minimum Gasteiger partial charge on any atom is -0.379 e. The molecule has 0 radical (unpaired) electrons. The van der Waals surface area contributed by atoms with Crippen LogP contribution in [0.5, 0.6) is 0 Å². The number of fused-ring (bicyclic) bond motifs is 1. The molecule has 1 fully saturated rings. The first kappa shape index (κ1) is 13.3. The van der Waals surface area contributed by atoms with Gasteiger partial charge in [-0.2, -0.15) is 0 Å². The van der Waals surface area contributed by atoms with E-state index in [0.717, 1.165) is 49.9 Å². The van der Waals surface area contributed by atoms with Gasteiger partial charge in [-0.05, 0) is 6.08 Å². The minimum absolute atomic E-state index is 0.214. The van der Waals surface area contributed by atoms with E-state index >= 15 is 0 Å². The Kier molecular flexibility index (Phi) is 3.72. The van der Waals surface area contributed by atoms with Gasteiger partial charge in [-0.15, -0.1) is 0 Å². The van der Waals surface area contributed by atoms with Crippen molar-refractivity contribution in [2.45, 2.75) is 17.6 Å². The van der Waals surface area contributed by atoms with Crippen molar-refractivity contribution in [3.8, 4) is 0 Å². The maximum absolute atomic E-state index is 6.34. The first-order chi connectivity index (χ1) is 9.15. The summed E-state index contributed by atoms with van der Waals surface area (Å²) in [5.41, 5.74) is 12.2. The molecule has 3 aliphatic heterocycles. The zero-order valence-electron chi connectivity index (χ0n) is 10.8. The van der Waals surface area contributed by atoms with Crippen molar-refractivity contribution in [1.82, 2.24) is 4.90 Å². The summed E-state index contributed by atoms with van der Waals surface area (Å²) in [6.45, 7) is 4.50. The SMILES string of the molecule is NC1N=C2C=NC(N)(CCN3CCOCC3)C=C2S1. The van der Waals surface area contributed by atoms with E-state index in [1.54, 1.807) is 18.0 Å². The molecule has 3 aliphatic rings. The standard InChI is InChI=1S/C12H19N5OS/c13-11-16-9-8-15-12(14,7-10(9)19-11)1-2-17-3-5-18-6-4-17/h7-8,11H,1-6,13-14H2. The van der Waals surface area contributed by atoms with Crippen molar-refractivity contribution in [3.63, 3.8) is 0 Å². The van der Waals surface area contributed by atoms with Crippen molar-refractivity contribution in [2.75, 3.05) is 32.8 Å². The highest BCUT2D eigenvalue weighted by molar-refractivity contribution is 8.05. The summed E-state index contributed by atoms with van der Waals surface area (Å²) in [6.07, 6.45) is 4.56. The van der Waals surface area contributed by atoms with E-state index in [0.29, 0.717) is 0 Å². The van der Waals surface area contributed by atoms with Crippen molar-refractivity contribution in [2.24, 2.45) is 21.5 Å². The Morgan fingerprint density at radius 3 is 3.05 bits per heavy atom. The number of hydrogen-bond acceptors (Lipinski definition) is 7. The van der Waals surface area contributed by atoms with Crippen LogP contribution in [-0.2, 0) is 4.74 Å². The van der Waals surface area contributed by atoms with Gasteiger partial charge in [-0.3, -0.25) is 14.9 Å². The molecular weight excluding hydrogens is 262 g/mol. The molecule has 0 spiro atoms. The van der Waals surface area contributed by atoms with E-state index in [4.69, 9.17) is 16.2 Å². The van der Waals surface area contributed by atoms with Crippen LogP contribution in [0.25, 0.3) is 0 Å². The van der Waals surface area contributed by atoms with Gasteiger partial charge in [-0.1, -0.05) is 11.8 Å². The third-order valence-corrected chi connectivity index (χ3v) is 4.43. The van der Waals surface area contributed by atoms with Crippen LogP contribution in [0.1, 0.15) is 6.42 Å². The Labute approximate surface area is 117 Å². The molecule has 7 heteroatoms. The van der Waals surface area contributed by atoms with Crippen LogP contribution >= 0.6 is 11.8 Å². The smallest absolute Gasteiger partial charge is 0.149 e. The summed E-state index contributed by atoms with van der Waals surface area (Å²) in [5, 5.41) is 0. The molecule has 0 aromatic heterocycles. The predicted molar refractivity (Wildman–Crippen MR) is 78.4 cm³/mol. The van der Waals surface area contributed by atoms with E-state index in [9.17, 15) is 0 Å². The molecule has 6 nitrogen and oxygen atoms in total. The highest BCUT2D eigenvalue weighted by Gasteiger charge is 2.31. The minimum atomic E-state index is -0.621. The van der Waals surface area contributed by atoms with Gasteiger partial charge in [0, 0.05) is 31.0 Å². The Morgan fingerprint density at radius 1 is 1.47 bits per heavy atom. The molecule has 0 aromatic carbocycles. The number of allylic oxidation sites excluding steroid dienone is 1. The van der Waals surface area contributed by atoms with Gasteiger partial charge in [0.1, 0.15) is 11.2 Å². The Balaban J connectivity index is 1.61. The van der Waals surface area contributed by atoms with Gasteiger partial charge in [0.25, 0.3) is 0 Å². The number of rotatable bonds is 3. The zero-order valence-corrected chi connectivity index (χ0v) is 11.6. The molecule has 19 heavy (non-hydrogen) atoms. The van der Waals surface area contributed by atoms with Gasteiger partial charge in [-0.25, -0.2) is 0 Å². The highest BCUT2D eigenvalue weighted by atomic mass is 32.2. The molecule has 0 aliphatic carbocycles. The summed E-state index contributed by atoms with van der Waals surface area (Å²) in [4.78, 5) is 12.2. The summed E-state index contributed by atoms with van der Waals surface area (Å²) in [6, 6.07) is 0. The molecule has 2 unspecified atom stereocenters. The molecule has 4 N–H and O–H groups in total. The second-order valence-electron chi connectivity index (χ2n) is 4.98. The topological polar surface area (TPSA) is 89.2 Å². The molecule has 0 amide bonds. The normalized spacial score (nSPS) is 34.9. The zero-order chi connectivity index (χ0) is 13.3. The number of nitrogens with zero attached hydrogens (tertiary/aromatic N) is 3. The van der Waals surface area contributed by atoms with E-state index in [2.05, 4.69) is 14.9 Å². The third-order valence-electron chi connectivity index (χ3n) is 3.51. The van der Waals surface area contributed by atoms with Crippen molar-refractivity contribution < 1.29 is 4.74 Å². The largest absolute Gasteiger partial charge is 0.379 e. The van der Waals surface area contributed by atoms with Gasteiger partial charge >= 0.3 is 0 Å². The number of dihydropyridines is 1. The number of morpholine rings is 1. The first-order valence-corrected chi connectivity index (χ1v) is 7.40. The molecule has 2 atom stereocenters. The first-order valence-electron chi connectivity index (χ1n) is 6.52. The molecule has 0 aromatic rings. The number of thioether (sulfide) groups is 1. The molecule has 0 saturated carbocycles. The van der Waals surface area contributed by atoms with Crippen LogP contribution in [0.4, 0.5) is 0 Å². The lowest BCUT2D eigenvalue weighted by atomic mass is 10.0. The molecule has 104 valence electrons. The summed E-state index contributed by atoms with van der Waals surface area (Å²) >= 11 is 1.54. The summed E-state index contributed by atoms with van der Waals surface area (Å²) < 4.78 is 5.34. The van der Waals surface area contributed by atoms with Gasteiger partial charge in [0.2, 0.25) is 0 Å². The fourth-order valence-corrected chi connectivity index (χ4v) is 3.29. The van der Waals surface area contributed by atoms with Crippen LogP contribution in [-0.4, -0.2) is 60.8 Å². The predicted octanol–water partition coefficient (Wildman–Crippen LogP) is -0.238. The maximum atomic E-state index is 6.34. The number of nitrogens with two attached hydrogens (primary N) is 2. The second-order valence-corrected chi connectivity index (χ2v) is 6.14. The second kappa shape index (κ2) is 5.34. The van der Waals surface area contributed by atoms with E-state index < -0.39 is 5.66 Å². The molecule has 1 saturated heterocycles. The Morgan fingerprint density at radius 2 is 2.26 bits per heavy atom. The molecule has 3 rings (SSSR count). The van der Waals surface area contributed by atoms with E-state index in [1.165, 1.54) is 0 Å². The monoisotopic (exact) mass is 281 g/mol. The van der Waals surface area contributed by atoms with E-state index in [-0.39, 0.29) is 5.50 Å². The van der Waals surface area contributed by atoms with E-state index in [1.807, 2.05) is 6.08 Å². The van der Waals surface area contributed by atoms with Crippen molar-refractivity contribution in [1.29, 1.82) is 0 Å². The maximum Gasteiger partial charge on any atom is 0.149 e. The van der Waals surface area contributed by atoms with Gasteiger partial charge < -0.3 is 16.2 Å². The average molecular weight is 281 g/mol. The van der Waals surface area contributed by atoms with Gasteiger partial charge in [0.15, 0.2) is 0 Å². The lowest BCUT2D eigenvalue weighted by Crippen LogP contribution is -2.44. The fourth-order valence-electron chi connectivity index (χ4n) is 2.37. The fraction of sp³-hybridized carbons (Fsp3) is 0.667. The Hall–Kier alpha value is -0.730. The quantitative estimate of drug-likeness (QED) is 0.745. The third kappa shape index (κ3) is 3.06. The van der Waals surface area contributed by atoms with Crippen molar-refractivity contribution in [3.05, 3.63) is 11.0 Å². The van der Waals surface area contributed by atoms with Crippen LogP contribution in [0, 0.1) is 0 Å². The number of ether oxygens (including phenoxy) is 1. The number of aliphatic imine (C=N–C) groups is 2. The van der Waals surface area contributed by atoms with Crippen LogP contribution in [0.15, 0.2) is 21.0 Å². The van der Waals surface area contributed by atoms with Crippen molar-refractivity contribution >= 4 is 23.7 Å². The van der Waals surface area contributed by atoms with Crippen LogP contribution in [0.3, 0.4) is 0 Å². The molecular formula is C12H19N5OS. The highest BCUT2D eigenvalue weighted by Crippen LogP contribution is 2.33. The molecule has 0 bridgehead atoms. The Bertz CT molecular complexity index is 443. The lowest BCUT2D eigenvalue weighted by molar-refractivity contribution is 0.0356. The van der Waals surface area contributed by atoms with Crippen LogP contribution < -0.4 is 11.5 Å². The van der Waals surface area contributed by atoms with Crippen LogP contribution in [0.2, 0.25) is 0 Å².